The maximum atomic E-state index is 12.1. The average molecular weight is 351 g/mol. The summed E-state index contributed by atoms with van der Waals surface area (Å²) in [6.45, 7) is 11.8. The first kappa shape index (κ1) is 20.4. The molecule has 0 aliphatic carbocycles. The lowest BCUT2D eigenvalue weighted by molar-refractivity contribution is 0.0514. The molecule has 5 heteroatoms. The lowest BCUT2D eigenvalue weighted by Gasteiger charge is -2.27. The molecular formula is C19H30N2O2S. The van der Waals surface area contributed by atoms with Gasteiger partial charge in [0, 0.05) is 6.04 Å². The summed E-state index contributed by atoms with van der Waals surface area (Å²) >= 11 is 5.55. The van der Waals surface area contributed by atoms with Crippen LogP contribution in [0.4, 0.5) is 4.79 Å². The van der Waals surface area contributed by atoms with Gasteiger partial charge in [0.05, 0.1) is 11.0 Å². The second-order valence-electron chi connectivity index (χ2n) is 7.47. The number of benzene rings is 1. The van der Waals surface area contributed by atoms with Crippen molar-refractivity contribution in [2.75, 3.05) is 0 Å². The summed E-state index contributed by atoms with van der Waals surface area (Å²) in [5.74, 6) is 0.400. The Morgan fingerprint density at radius 3 is 2.21 bits per heavy atom. The van der Waals surface area contributed by atoms with Gasteiger partial charge in [-0.25, -0.2) is 4.79 Å². The zero-order valence-corrected chi connectivity index (χ0v) is 16.4. The number of carbonyl (C=O) groups excluding carboxylic acids is 1. The maximum Gasteiger partial charge on any atom is 0.408 e. The van der Waals surface area contributed by atoms with Gasteiger partial charge in [-0.3, -0.25) is 0 Å². The molecule has 1 amide bonds. The van der Waals surface area contributed by atoms with Gasteiger partial charge in [0.25, 0.3) is 0 Å². The number of hydrogen-bond donors (Lipinski definition) is 2. The first-order valence-electron chi connectivity index (χ1n) is 8.43. The summed E-state index contributed by atoms with van der Waals surface area (Å²) in [6, 6.07) is 9.93. The Labute approximate surface area is 151 Å². The lowest BCUT2D eigenvalue weighted by atomic mass is 10.0. The summed E-state index contributed by atoms with van der Waals surface area (Å²) in [6.07, 6.45) is 0.316. The molecule has 0 unspecified atom stereocenters. The number of hydrogen-bond acceptors (Lipinski definition) is 3. The molecule has 134 valence electrons. The van der Waals surface area contributed by atoms with Crippen LogP contribution in [0, 0.1) is 5.92 Å². The zero-order chi connectivity index (χ0) is 18.3. The van der Waals surface area contributed by atoms with E-state index >= 15 is 0 Å². The molecule has 0 saturated heterocycles. The highest BCUT2D eigenvalue weighted by molar-refractivity contribution is 7.80. The monoisotopic (exact) mass is 350 g/mol. The minimum absolute atomic E-state index is 0.0776. The fourth-order valence-corrected chi connectivity index (χ4v) is 2.62. The molecule has 1 aromatic rings. The summed E-state index contributed by atoms with van der Waals surface area (Å²) in [5.41, 5.74) is 0.624. The van der Waals surface area contributed by atoms with E-state index < -0.39 is 11.7 Å². The maximum absolute atomic E-state index is 12.1. The molecular weight excluding hydrogens is 320 g/mol. The molecule has 4 nitrogen and oxygen atoms in total. The Bertz CT molecular complexity index is 538. The van der Waals surface area contributed by atoms with Crippen LogP contribution >= 0.6 is 12.2 Å². The molecule has 0 bridgehead atoms. The van der Waals surface area contributed by atoms with Gasteiger partial charge in [-0.05, 0) is 45.6 Å². The van der Waals surface area contributed by atoms with Gasteiger partial charge in [-0.1, -0.05) is 56.4 Å². The van der Waals surface area contributed by atoms with Gasteiger partial charge in [0.1, 0.15) is 5.60 Å². The normalized spacial score (nSPS) is 14.0. The molecule has 24 heavy (non-hydrogen) atoms. The SMILES string of the molecule is CC(C)C[C@H](NC(=O)OC(C)(C)C)C(=S)N[C@@H](C)c1ccccc1. The van der Waals surface area contributed by atoms with Crippen LogP contribution in [0.5, 0.6) is 0 Å². The van der Waals surface area contributed by atoms with Crippen molar-refractivity contribution in [1.29, 1.82) is 0 Å². The predicted octanol–water partition coefficient (Wildman–Crippen LogP) is 4.60. The van der Waals surface area contributed by atoms with Crippen molar-refractivity contribution < 1.29 is 9.53 Å². The first-order chi connectivity index (χ1) is 11.1. The summed E-state index contributed by atoms with van der Waals surface area (Å²) in [5, 5.41) is 6.23. The van der Waals surface area contributed by atoms with Gasteiger partial charge >= 0.3 is 6.09 Å². The van der Waals surface area contributed by atoms with Crippen molar-refractivity contribution in [3.8, 4) is 0 Å². The number of alkyl carbamates (subject to hydrolysis) is 1. The Balaban J connectivity index is 2.72. The molecule has 0 aliphatic rings. The molecule has 0 aliphatic heterocycles. The van der Waals surface area contributed by atoms with Crippen LogP contribution in [0.15, 0.2) is 30.3 Å². The Hall–Kier alpha value is -1.62. The Morgan fingerprint density at radius 2 is 1.71 bits per heavy atom. The molecule has 2 N–H and O–H groups in total. The average Bonchev–Trinajstić information content (AvgIpc) is 2.44. The van der Waals surface area contributed by atoms with E-state index in [1.165, 1.54) is 0 Å². The first-order valence-corrected chi connectivity index (χ1v) is 8.84. The third-order valence-corrected chi connectivity index (χ3v) is 3.78. The number of carbonyl (C=O) groups is 1. The van der Waals surface area contributed by atoms with Crippen molar-refractivity contribution >= 4 is 23.3 Å². The van der Waals surface area contributed by atoms with Crippen LogP contribution in [0.3, 0.4) is 0 Å². The smallest absolute Gasteiger partial charge is 0.408 e. The van der Waals surface area contributed by atoms with Crippen molar-refractivity contribution in [2.45, 2.75) is 65.6 Å². The highest BCUT2D eigenvalue weighted by atomic mass is 32.1. The molecule has 1 aromatic carbocycles. The highest BCUT2D eigenvalue weighted by Gasteiger charge is 2.23. The van der Waals surface area contributed by atoms with E-state index in [1.54, 1.807) is 0 Å². The quantitative estimate of drug-likeness (QED) is 0.736. The van der Waals surface area contributed by atoms with Crippen LogP contribution in [-0.2, 0) is 4.74 Å². The molecule has 0 heterocycles. The fraction of sp³-hybridized carbons (Fsp3) is 0.579. The lowest BCUT2D eigenvalue weighted by Crippen LogP contribution is -2.48. The molecule has 1 rings (SSSR count). The fourth-order valence-electron chi connectivity index (χ4n) is 2.29. The Morgan fingerprint density at radius 1 is 1.12 bits per heavy atom. The molecule has 0 spiro atoms. The number of thiocarbonyl (C=S) groups is 1. The topological polar surface area (TPSA) is 50.4 Å². The van der Waals surface area contributed by atoms with Gasteiger partial charge in [0.15, 0.2) is 0 Å². The van der Waals surface area contributed by atoms with Gasteiger partial charge in [-0.2, -0.15) is 0 Å². The minimum atomic E-state index is -0.529. The van der Waals surface area contributed by atoms with Crippen LogP contribution in [-0.4, -0.2) is 22.7 Å². The van der Waals surface area contributed by atoms with E-state index in [2.05, 4.69) is 43.5 Å². The molecule has 0 radical (unpaired) electrons. The van der Waals surface area contributed by atoms with Crippen molar-refractivity contribution in [3.05, 3.63) is 35.9 Å². The number of rotatable bonds is 6. The molecule has 0 fully saturated rings. The van der Waals surface area contributed by atoms with E-state index in [0.717, 1.165) is 12.0 Å². The van der Waals surface area contributed by atoms with E-state index in [1.807, 2.05) is 39.0 Å². The van der Waals surface area contributed by atoms with E-state index in [0.29, 0.717) is 10.9 Å². The van der Waals surface area contributed by atoms with Crippen LogP contribution in [0.2, 0.25) is 0 Å². The zero-order valence-electron chi connectivity index (χ0n) is 15.6. The van der Waals surface area contributed by atoms with Crippen molar-refractivity contribution in [1.82, 2.24) is 10.6 Å². The third-order valence-electron chi connectivity index (χ3n) is 3.37. The molecule has 2 atom stereocenters. The highest BCUT2D eigenvalue weighted by Crippen LogP contribution is 2.14. The van der Waals surface area contributed by atoms with Crippen LogP contribution in [0.1, 0.15) is 59.6 Å². The Kier molecular flexibility index (Phi) is 7.67. The number of amides is 1. The summed E-state index contributed by atoms with van der Waals surface area (Å²) in [7, 11) is 0. The molecule has 0 aromatic heterocycles. The summed E-state index contributed by atoms with van der Waals surface area (Å²) in [4.78, 5) is 12.7. The van der Waals surface area contributed by atoms with E-state index in [9.17, 15) is 4.79 Å². The van der Waals surface area contributed by atoms with Crippen molar-refractivity contribution in [3.63, 3.8) is 0 Å². The van der Waals surface area contributed by atoms with E-state index in [-0.39, 0.29) is 12.1 Å². The minimum Gasteiger partial charge on any atom is -0.444 e. The second-order valence-corrected chi connectivity index (χ2v) is 7.91. The second kappa shape index (κ2) is 9.02. The molecule has 0 saturated carbocycles. The van der Waals surface area contributed by atoms with Gasteiger partial charge < -0.3 is 15.4 Å². The van der Waals surface area contributed by atoms with Crippen LogP contribution in [0.25, 0.3) is 0 Å². The third kappa shape index (κ3) is 7.77. The van der Waals surface area contributed by atoms with Crippen LogP contribution < -0.4 is 10.6 Å². The predicted molar refractivity (Wildman–Crippen MR) is 103 cm³/mol. The summed E-state index contributed by atoms with van der Waals surface area (Å²) < 4.78 is 5.35. The van der Waals surface area contributed by atoms with Crippen molar-refractivity contribution in [2.24, 2.45) is 5.92 Å². The number of nitrogens with one attached hydrogen (secondary N) is 2. The van der Waals surface area contributed by atoms with Gasteiger partial charge in [-0.15, -0.1) is 0 Å². The number of ether oxygens (including phenoxy) is 1. The van der Waals surface area contributed by atoms with E-state index in [4.69, 9.17) is 17.0 Å². The largest absolute Gasteiger partial charge is 0.444 e. The standard InChI is InChI=1S/C19H30N2O2S/c1-13(2)12-16(21-18(22)23-19(4,5)6)17(24)20-14(3)15-10-8-7-9-11-15/h7-11,13-14,16H,12H2,1-6H3,(H,20,24)(H,21,22)/t14-,16-/m0/s1. The van der Waals surface area contributed by atoms with Gasteiger partial charge in [0.2, 0.25) is 0 Å².